The molecule has 66 heavy (non-hydrogen) atoms. The molecule has 0 radical (unpaired) electrons. The van der Waals surface area contributed by atoms with Gasteiger partial charge in [0.1, 0.15) is 34.9 Å². The molecule has 10 aromatic heterocycles. The Kier molecular flexibility index (Phi) is 8.42. The topological polar surface area (TPSA) is 139 Å². The molecule has 0 N–H and O–H groups in total. The molecule has 0 saturated carbocycles. The van der Waals surface area contributed by atoms with Crippen molar-refractivity contribution in [2.75, 3.05) is 14.7 Å². The fourth-order valence-electron chi connectivity index (χ4n) is 8.67. The number of nitrogens with zero attached hydrogens (tertiary/aromatic N) is 15. The van der Waals surface area contributed by atoms with Gasteiger partial charge in [-0.15, -0.1) is 0 Å². The molecule has 0 saturated heterocycles. The number of aromatic nitrogens is 12. The van der Waals surface area contributed by atoms with Crippen LogP contribution in [0.3, 0.4) is 0 Å². The second kappa shape index (κ2) is 15.0. The molecule has 0 fully saturated rings. The highest BCUT2D eigenvalue weighted by atomic mass is 15.3. The second-order valence-electron chi connectivity index (χ2n) is 15.4. The standard InChI is InChI=1S/C51H33N15/c1-7-25-52-43(13-1)61(44-14-2-8-26-53-44)34-19-22-37-40(31-34)64-49(58-37)65-42-33-36(63(47-17-5-11-29-56-47)48-18-6-12-30-57-48)21-24-39(42)60-51(65)66-41-32-35(20-23-38(41)59-50(64)66)62(45-15-3-9-27-54-45)46-16-4-10-28-55-46/h1-33H. The van der Waals surface area contributed by atoms with Crippen molar-refractivity contribution in [3.63, 3.8) is 0 Å². The van der Waals surface area contributed by atoms with Crippen LogP contribution in [0.15, 0.2) is 201 Å². The van der Waals surface area contributed by atoms with Gasteiger partial charge in [-0.1, -0.05) is 36.4 Å². The molecule has 15 heteroatoms. The Labute approximate surface area is 374 Å². The van der Waals surface area contributed by atoms with Gasteiger partial charge in [0.2, 0.25) is 17.3 Å². The molecule has 0 bridgehead atoms. The van der Waals surface area contributed by atoms with Gasteiger partial charge in [-0.05, 0) is 127 Å². The lowest BCUT2D eigenvalue weighted by Crippen LogP contribution is -2.13. The van der Waals surface area contributed by atoms with Crippen molar-refractivity contribution in [1.82, 2.24) is 58.1 Å². The predicted octanol–water partition coefficient (Wildman–Crippen LogP) is 10.9. The highest BCUT2D eigenvalue weighted by Crippen LogP contribution is 2.39. The van der Waals surface area contributed by atoms with E-state index in [0.717, 1.165) is 85.1 Å². The van der Waals surface area contributed by atoms with Crippen molar-refractivity contribution < 1.29 is 0 Å². The first-order chi connectivity index (χ1) is 32.7. The fourth-order valence-corrected chi connectivity index (χ4v) is 8.67. The number of anilines is 9. The van der Waals surface area contributed by atoms with E-state index in [1.165, 1.54) is 0 Å². The van der Waals surface area contributed by atoms with Crippen LogP contribution in [0.4, 0.5) is 52.0 Å². The van der Waals surface area contributed by atoms with E-state index >= 15 is 0 Å². The van der Waals surface area contributed by atoms with Crippen LogP contribution in [0.5, 0.6) is 0 Å². The summed E-state index contributed by atoms with van der Waals surface area (Å²) in [6.45, 7) is 0. The molecular weight excluding hydrogens is 823 g/mol. The molecule has 312 valence electrons. The summed E-state index contributed by atoms with van der Waals surface area (Å²) < 4.78 is 6.33. The first kappa shape index (κ1) is 37.0. The van der Waals surface area contributed by atoms with E-state index in [1.54, 1.807) is 37.2 Å². The van der Waals surface area contributed by atoms with Gasteiger partial charge in [0, 0.05) is 37.2 Å². The summed E-state index contributed by atoms with van der Waals surface area (Å²) in [7, 11) is 0. The van der Waals surface area contributed by atoms with Gasteiger partial charge in [-0.3, -0.25) is 14.7 Å². The SMILES string of the molecule is c1ccc(N(c2ccc3nc4n(c3c2)c2nc3ccc(N(c5ccccn5)c5ccccn5)cc3n2c2nc3ccc(N(c5ccccn5)c5ccccn5)cc3n42)c2ccccn2)nc1. The Morgan fingerprint density at radius 1 is 0.273 bits per heavy atom. The second-order valence-corrected chi connectivity index (χ2v) is 15.4. The zero-order chi connectivity index (χ0) is 43.6. The molecule has 0 aliphatic rings. The van der Waals surface area contributed by atoms with Crippen molar-refractivity contribution >= 4 is 102 Å². The maximum absolute atomic E-state index is 5.37. The summed E-state index contributed by atoms with van der Waals surface area (Å²) in [6, 6.07) is 53.7. The quantitative estimate of drug-likeness (QED) is 0.136. The van der Waals surface area contributed by atoms with Gasteiger partial charge >= 0.3 is 0 Å². The minimum Gasteiger partial charge on any atom is -0.279 e. The van der Waals surface area contributed by atoms with Crippen LogP contribution >= 0.6 is 0 Å². The van der Waals surface area contributed by atoms with Crippen LogP contribution in [-0.2, 0) is 0 Å². The summed E-state index contributed by atoms with van der Waals surface area (Å²) in [6.07, 6.45) is 10.7. The third-order valence-electron chi connectivity index (χ3n) is 11.5. The highest BCUT2D eigenvalue weighted by Gasteiger charge is 2.25. The van der Waals surface area contributed by atoms with E-state index in [0.29, 0.717) is 17.3 Å². The Balaban J connectivity index is 1.12. The van der Waals surface area contributed by atoms with Gasteiger partial charge in [0.15, 0.2) is 0 Å². The lowest BCUT2D eigenvalue weighted by atomic mass is 10.2. The number of fused-ring (bicyclic) bond motifs is 12. The molecule has 13 aromatic rings. The van der Waals surface area contributed by atoms with Gasteiger partial charge in [0.05, 0.1) is 50.2 Å². The molecule has 0 aliphatic heterocycles. The number of benzene rings is 3. The van der Waals surface area contributed by atoms with Gasteiger partial charge in [-0.2, -0.15) is 0 Å². The van der Waals surface area contributed by atoms with E-state index in [4.69, 9.17) is 44.9 Å². The lowest BCUT2D eigenvalue weighted by Gasteiger charge is -2.23. The molecule has 10 heterocycles. The zero-order valence-corrected chi connectivity index (χ0v) is 34.8. The summed E-state index contributed by atoms with van der Waals surface area (Å²) in [5.74, 6) is 6.23. The van der Waals surface area contributed by atoms with Crippen LogP contribution in [-0.4, -0.2) is 58.1 Å². The van der Waals surface area contributed by atoms with E-state index in [9.17, 15) is 0 Å². The third kappa shape index (κ3) is 5.95. The Morgan fingerprint density at radius 2 is 0.515 bits per heavy atom. The molecule has 0 unspecified atom stereocenters. The lowest BCUT2D eigenvalue weighted by molar-refractivity contribution is 1.01. The van der Waals surface area contributed by atoms with Gasteiger partial charge < -0.3 is 0 Å². The Hall–Kier alpha value is -9.63. The first-order valence-corrected chi connectivity index (χ1v) is 21.2. The van der Waals surface area contributed by atoms with E-state index in [2.05, 4.69) is 31.4 Å². The number of hydrogen-bond donors (Lipinski definition) is 0. The first-order valence-electron chi connectivity index (χ1n) is 21.2. The van der Waals surface area contributed by atoms with E-state index < -0.39 is 0 Å². The van der Waals surface area contributed by atoms with Crippen LogP contribution in [0.1, 0.15) is 0 Å². The summed E-state index contributed by atoms with van der Waals surface area (Å²) in [4.78, 5) is 50.7. The molecule has 0 atom stereocenters. The summed E-state index contributed by atoms with van der Waals surface area (Å²) >= 11 is 0. The molecule has 0 aliphatic carbocycles. The minimum atomic E-state index is 0.632. The average Bonchev–Trinajstić information content (AvgIpc) is 4.07. The number of rotatable bonds is 9. The van der Waals surface area contributed by atoms with Crippen molar-refractivity contribution in [1.29, 1.82) is 0 Å². The molecule has 0 amide bonds. The number of pyridine rings is 6. The summed E-state index contributed by atoms with van der Waals surface area (Å²) in [5, 5.41) is 0. The van der Waals surface area contributed by atoms with Gasteiger partial charge in [0.25, 0.3) is 0 Å². The monoisotopic (exact) mass is 855 g/mol. The molecule has 13 rings (SSSR count). The highest BCUT2D eigenvalue weighted by molar-refractivity contribution is 5.95. The normalized spacial score (nSPS) is 11.6. The van der Waals surface area contributed by atoms with Crippen LogP contribution in [0.25, 0.3) is 50.4 Å². The van der Waals surface area contributed by atoms with Crippen LogP contribution in [0.2, 0.25) is 0 Å². The summed E-state index contributed by atoms with van der Waals surface area (Å²) in [5.41, 5.74) is 7.31. The van der Waals surface area contributed by atoms with Gasteiger partial charge in [-0.25, -0.2) is 58.1 Å². The molecule has 15 nitrogen and oxygen atoms in total. The van der Waals surface area contributed by atoms with Crippen molar-refractivity contribution in [3.05, 3.63) is 201 Å². The van der Waals surface area contributed by atoms with E-state index in [-0.39, 0.29) is 0 Å². The Morgan fingerprint density at radius 3 is 0.727 bits per heavy atom. The third-order valence-corrected chi connectivity index (χ3v) is 11.5. The Bertz CT molecular complexity index is 3330. The predicted molar refractivity (Wildman–Crippen MR) is 256 cm³/mol. The van der Waals surface area contributed by atoms with Crippen molar-refractivity contribution in [2.24, 2.45) is 0 Å². The van der Waals surface area contributed by atoms with Crippen molar-refractivity contribution in [2.45, 2.75) is 0 Å². The maximum Gasteiger partial charge on any atom is 0.225 e. The largest absolute Gasteiger partial charge is 0.279 e. The molecule has 0 spiro atoms. The zero-order valence-electron chi connectivity index (χ0n) is 34.8. The smallest absolute Gasteiger partial charge is 0.225 e. The number of hydrogen-bond acceptors (Lipinski definition) is 12. The number of imidazole rings is 3. The maximum atomic E-state index is 5.37. The molecular formula is C51H33N15. The van der Waals surface area contributed by atoms with Crippen molar-refractivity contribution in [3.8, 4) is 0 Å². The minimum absolute atomic E-state index is 0.632. The molecule has 3 aromatic carbocycles. The van der Waals surface area contributed by atoms with Crippen LogP contribution in [0, 0.1) is 0 Å². The fraction of sp³-hybridized carbons (Fsp3) is 0. The van der Waals surface area contributed by atoms with E-state index in [1.807, 2.05) is 160 Å². The average molecular weight is 856 g/mol. The van der Waals surface area contributed by atoms with Crippen LogP contribution < -0.4 is 14.7 Å².